The Morgan fingerprint density at radius 3 is 2.45 bits per heavy atom. The lowest BCUT2D eigenvalue weighted by Gasteiger charge is -2.14. The molecule has 2 aromatic carbocycles. The van der Waals surface area contributed by atoms with Gasteiger partial charge in [-0.05, 0) is 37.1 Å². The van der Waals surface area contributed by atoms with Crippen LogP contribution in [0.25, 0.3) is 0 Å². The van der Waals surface area contributed by atoms with E-state index in [1.54, 1.807) is 24.3 Å². The molecule has 0 aliphatic heterocycles. The first kappa shape index (κ1) is 15.5. The summed E-state index contributed by atoms with van der Waals surface area (Å²) in [6.45, 7) is 1.93. The van der Waals surface area contributed by atoms with Crippen molar-refractivity contribution in [3.05, 3.63) is 57.0 Å². The van der Waals surface area contributed by atoms with Crippen molar-refractivity contribution >= 4 is 34.8 Å². The van der Waals surface area contributed by atoms with Crippen LogP contribution in [0, 0.1) is 0 Å². The average molecular weight is 331 g/mol. The maximum atomic E-state index is 6.21. The van der Waals surface area contributed by atoms with Gasteiger partial charge in [0.25, 0.3) is 0 Å². The molecule has 0 fully saturated rings. The lowest BCUT2D eigenvalue weighted by Crippen LogP contribution is -2.18. The van der Waals surface area contributed by atoms with Gasteiger partial charge in [-0.25, -0.2) is 0 Å². The molecule has 2 rings (SSSR count). The Balaban J connectivity index is 2.34. The van der Waals surface area contributed by atoms with Gasteiger partial charge in [-0.3, -0.25) is 0 Å². The minimum Gasteiger partial charge on any atom is -0.455 e. The molecule has 2 aromatic rings. The molecule has 0 amide bonds. The number of hydrogen-bond acceptors (Lipinski definition) is 2. The summed E-state index contributed by atoms with van der Waals surface area (Å²) in [5.74, 6) is 1.18. The Kier molecular flexibility index (Phi) is 5.17. The molecule has 0 saturated carbocycles. The van der Waals surface area contributed by atoms with Gasteiger partial charge in [0.2, 0.25) is 0 Å². The number of hydrogen-bond donors (Lipinski definition) is 1. The topological polar surface area (TPSA) is 35.2 Å². The van der Waals surface area contributed by atoms with E-state index >= 15 is 0 Å². The number of halogens is 3. The Labute approximate surface area is 133 Å². The zero-order valence-corrected chi connectivity index (χ0v) is 13.1. The van der Waals surface area contributed by atoms with Crippen molar-refractivity contribution in [2.45, 2.75) is 19.4 Å². The van der Waals surface area contributed by atoms with Crippen molar-refractivity contribution in [3.63, 3.8) is 0 Å². The van der Waals surface area contributed by atoms with E-state index in [1.807, 2.05) is 19.1 Å². The fourth-order valence-corrected chi connectivity index (χ4v) is 2.35. The third-order valence-electron chi connectivity index (χ3n) is 2.70. The minimum absolute atomic E-state index is 0.0182. The Morgan fingerprint density at radius 2 is 1.80 bits per heavy atom. The van der Waals surface area contributed by atoms with E-state index in [2.05, 4.69) is 0 Å². The van der Waals surface area contributed by atoms with Crippen LogP contribution in [0.1, 0.15) is 12.5 Å². The zero-order chi connectivity index (χ0) is 14.7. The zero-order valence-electron chi connectivity index (χ0n) is 10.9. The monoisotopic (exact) mass is 329 g/mol. The first-order chi connectivity index (χ1) is 9.47. The first-order valence-corrected chi connectivity index (χ1v) is 7.26. The molecule has 0 aliphatic rings. The van der Waals surface area contributed by atoms with Crippen molar-refractivity contribution in [2.24, 2.45) is 5.73 Å². The molecular weight excluding hydrogens is 317 g/mol. The quantitative estimate of drug-likeness (QED) is 0.822. The van der Waals surface area contributed by atoms with E-state index in [-0.39, 0.29) is 6.04 Å². The summed E-state index contributed by atoms with van der Waals surface area (Å²) >= 11 is 18.1. The predicted molar refractivity (Wildman–Crippen MR) is 85.3 cm³/mol. The van der Waals surface area contributed by atoms with Gasteiger partial charge < -0.3 is 10.5 Å². The summed E-state index contributed by atoms with van der Waals surface area (Å²) in [7, 11) is 0. The second kappa shape index (κ2) is 6.68. The van der Waals surface area contributed by atoms with Crippen molar-refractivity contribution in [3.8, 4) is 11.5 Å². The van der Waals surface area contributed by atoms with Crippen LogP contribution >= 0.6 is 34.8 Å². The van der Waals surface area contributed by atoms with Crippen LogP contribution in [0.2, 0.25) is 15.1 Å². The van der Waals surface area contributed by atoms with Gasteiger partial charge in [0, 0.05) is 12.1 Å². The summed E-state index contributed by atoms with van der Waals surface area (Å²) < 4.78 is 5.85. The largest absolute Gasteiger partial charge is 0.455 e. The van der Waals surface area contributed by atoms with Crippen molar-refractivity contribution < 1.29 is 4.74 Å². The molecule has 0 aromatic heterocycles. The predicted octanol–water partition coefficient (Wildman–Crippen LogP) is 5.33. The van der Waals surface area contributed by atoms with Crippen LogP contribution in [0.3, 0.4) is 0 Å². The van der Waals surface area contributed by atoms with Gasteiger partial charge in [0.1, 0.15) is 11.5 Å². The molecular formula is C15H14Cl3NO. The lowest BCUT2D eigenvalue weighted by atomic mass is 10.1. The van der Waals surface area contributed by atoms with E-state index in [1.165, 1.54) is 0 Å². The highest BCUT2D eigenvalue weighted by atomic mass is 35.5. The fourth-order valence-electron chi connectivity index (χ4n) is 1.83. The number of para-hydroxylation sites is 1. The van der Waals surface area contributed by atoms with E-state index < -0.39 is 0 Å². The van der Waals surface area contributed by atoms with E-state index in [4.69, 9.17) is 45.3 Å². The maximum Gasteiger partial charge on any atom is 0.149 e. The molecule has 2 nitrogen and oxygen atoms in total. The van der Waals surface area contributed by atoms with Gasteiger partial charge >= 0.3 is 0 Å². The van der Waals surface area contributed by atoms with Crippen LogP contribution in [-0.4, -0.2) is 6.04 Å². The summed E-state index contributed by atoms with van der Waals surface area (Å²) in [6, 6.07) is 10.7. The second-order valence-corrected chi connectivity index (χ2v) is 5.81. The van der Waals surface area contributed by atoms with Crippen LogP contribution in [0.4, 0.5) is 0 Å². The molecule has 0 heterocycles. The smallest absolute Gasteiger partial charge is 0.149 e. The summed E-state index contributed by atoms with van der Waals surface area (Å²) in [4.78, 5) is 0. The molecule has 20 heavy (non-hydrogen) atoms. The van der Waals surface area contributed by atoms with Gasteiger partial charge in [-0.1, -0.05) is 46.9 Å². The number of ether oxygens (including phenoxy) is 1. The van der Waals surface area contributed by atoms with E-state index in [0.717, 1.165) is 5.56 Å². The van der Waals surface area contributed by atoms with E-state index in [9.17, 15) is 0 Å². The SMILES string of the molecule is CC(N)Cc1cccc(Cl)c1Oc1ccc(Cl)c(Cl)c1. The summed E-state index contributed by atoms with van der Waals surface area (Å²) in [6.07, 6.45) is 0.678. The van der Waals surface area contributed by atoms with Gasteiger partial charge in [-0.2, -0.15) is 0 Å². The normalized spacial score (nSPS) is 12.2. The Morgan fingerprint density at radius 1 is 1.05 bits per heavy atom. The second-order valence-electron chi connectivity index (χ2n) is 4.59. The van der Waals surface area contributed by atoms with E-state index in [0.29, 0.717) is 33.0 Å². The summed E-state index contributed by atoms with van der Waals surface area (Å²) in [5, 5.41) is 1.45. The molecule has 106 valence electrons. The third-order valence-corrected chi connectivity index (χ3v) is 3.74. The van der Waals surface area contributed by atoms with Gasteiger partial charge in [0.15, 0.2) is 0 Å². The van der Waals surface area contributed by atoms with Crippen LogP contribution in [-0.2, 0) is 6.42 Å². The van der Waals surface area contributed by atoms with Gasteiger partial charge in [0.05, 0.1) is 15.1 Å². The highest BCUT2D eigenvalue weighted by Gasteiger charge is 2.12. The number of benzene rings is 2. The maximum absolute atomic E-state index is 6.21. The molecule has 0 bridgehead atoms. The Bertz CT molecular complexity index is 614. The standard InChI is InChI=1S/C15H14Cl3NO/c1-9(19)7-10-3-2-4-13(17)15(10)20-11-5-6-12(16)14(18)8-11/h2-6,8-9H,7,19H2,1H3. The molecule has 0 saturated heterocycles. The highest BCUT2D eigenvalue weighted by molar-refractivity contribution is 6.42. The van der Waals surface area contributed by atoms with Crippen molar-refractivity contribution in [1.82, 2.24) is 0 Å². The summed E-state index contributed by atoms with van der Waals surface area (Å²) in [5.41, 5.74) is 6.80. The molecule has 0 spiro atoms. The van der Waals surface area contributed by atoms with Crippen LogP contribution in [0.5, 0.6) is 11.5 Å². The molecule has 0 radical (unpaired) electrons. The lowest BCUT2D eigenvalue weighted by molar-refractivity contribution is 0.474. The molecule has 2 N–H and O–H groups in total. The highest BCUT2D eigenvalue weighted by Crippen LogP contribution is 2.35. The molecule has 0 aliphatic carbocycles. The number of rotatable bonds is 4. The molecule has 1 unspecified atom stereocenters. The fraction of sp³-hybridized carbons (Fsp3) is 0.200. The average Bonchev–Trinajstić information content (AvgIpc) is 2.37. The van der Waals surface area contributed by atoms with Crippen molar-refractivity contribution in [2.75, 3.05) is 0 Å². The first-order valence-electron chi connectivity index (χ1n) is 6.13. The van der Waals surface area contributed by atoms with Crippen molar-refractivity contribution in [1.29, 1.82) is 0 Å². The third kappa shape index (κ3) is 3.80. The van der Waals surface area contributed by atoms with Crippen LogP contribution < -0.4 is 10.5 Å². The molecule has 5 heteroatoms. The van der Waals surface area contributed by atoms with Gasteiger partial charge in [-0.15, -0.1) is 0 Å². The number of nitrogens with two attached hydrogens (primary N) is 1. The van der Waals surface area contributed by atoms with Crippen LogP contribution in [0.15, 0.2) is 36.4 Å². The minimum atomic E-state index is 0.0182. The molecule has 1 atom stereocenters. The Hall–Kier alpha value is -0.930.